The van der Waals surface area contributed by atoms with Crippen molar-refractivity contribution in [2.45, 2.75) is 6.92 Å². The minimum atomic E-state index is -0.397. The molecule has 0 aromatic heterocycles. The number of allylic oxidation sites excluding steroid dienone is 1. The summed E-state index contributed by atoms with van der Waals surface area (Å²) >= 11 is 0. The van der Waals surface area contributed by atoms with E-state index in [4.69, 9.17) is 0 Å². The fraction of sp³-hybridized carbons (Fsp3) is 0.111. The number of non-ortho nitro benzene ring substituents is 1. The van der Waals surface area contributed by atoms with Crippen LogP contribution in [0.25, 0.3) is 12.2 Å². The predicted molar refractivity (Wildman–Crippen MR) is 90.9 cm³/mol. The minimum Gasteiger partial charge on any atom is -0.351 e. The molecular weight excluding hydrogens is 276 g/mol. The van der Waals surface area contributed by atoms with Crippen molar-refractivity contribution in [1.29, 1.82) is 0 Å². The summed E-state index contributed by atoms with van der Waals surface area (Å²) in [5.74, 6) is 0. The van der Waals surface area contributed by atoms with Crippen LogP contribution in [0.2, 0.25) is 0 Å². The van der Waals surface area contributed by atoms with Crippen molar-refractivity contribution < 1.29 is 4.92 Å². The number of hydrogen-bond donors (Lipinski definition) is 0. The second-order valence-corrected chi connectivity index (χ2v) is 4.81. The standard InChI is InChI=1S/C18H18N2O2/c1-3-15-7-4-5-8-16(15)9-6-14-19(2)17-10-12-18(13-11-17)20(21)22/h3-14H,1-2H3/b14-6+,15-3-,16-9-. The van der Waals surface area contributed by atoms with Gasteiger partial charge in [-0.1, -0.05) is 36.4 Å². The SMILES string of the molecule is C/C=c1/cccc/c1=C/C=C/N(C)c1ccc([N+](=O)[O-])cc1. The molecule has 0 saturated heterocycles. The molecule has 0 atom stereocenters. The molecule has 0 N–H and O–H groups in total. The van der Waals surface area contributed by atoms with Crippen molar-refractivity contribution >= 4 is 23.5 Å². The third-order valence-electron chi connectivity index (χ3n) is 3.36. The zero-order valence-corrected chi connectivity index (χ0v) is 12.6. The Hall–Kier alpha value is -2.88. The first-order chi connectivity index (χ1) is 10.6. The number of nitro groups is 1. The molecular formula is C18H18N2O2. The highest BCUT2D eigenvalue weighted by atomic mass is 16.6. The Morgan fingerprint density at radius 3 is 2.27 bits per heavy atom. The number of benzene rings is 2. The summed E-state index contributed by atoms with van der Waals surface area (Å²) in [6.45, 7) is 2.01. The van der Waals surface area contributed by atoms with Crippen molar-refractivity contribution in [3.05, 3.63) is 81.4 Å². The fourth-order valence-electron chi connectivity index (χ4n) is 2.10. The van der Waals surface area contributed by atoms with Crippen molar-refractivity contribution in [1.82, 2.24) is 0 Å². The van der Waals surface area contributed by atoms with Gasteiger partial charge in [0, 0.05) is 31.1 Å². The second kappa shape index (κ2) is 7.22. The Morgan fingerprint density at radius 2 is 1.68 bits per heavy atom. The first-order valence-electron chi connectivity index (χ1n) is 6.99. The Balaban J connectivity index is 2.18. The van der Waals surface area contributed by atoms with Crippen LogP contribution in [0.5, 0.6) is 0 Å². The van der Waals surface area contributed by atoms with Crippen molar-refractivity contribution in [2.24, 2.45) is 0 Å². The highest BCUT2D eigenvalue weighted by molar-refractivity contribution is 5.53. The van der Waals surface area contributed by atoms with Crippen LogP contribution in [0.15, 0.2) is 60.8 Å². The zero-order chi connectivity index (χ0) is 15.9. The summed E-state index contributed by atoms with van der Waals surface area (Å²) in [7, 11) is 1.91. The van der Waals surface area contributed by atoms with E-state index in [2.05, 4.69) is 18.2 Å². The van der Waals surface area contributed by atoms with Crippen LogP contribution < -0.4 is 15.3 Å². The third-order valence-corrected chi connectivity index (χ3v) is 3.36. The van der Waals surface area contributed by atoms with Crippen molar-refractivity contribution in [2.75, 3.05) is 11.9 Å². The molecule has 0 aliphatic carbocycles. The summed E-state index contributed by atoms with van der Waals surface area (Å²) in [6, 6.07) is 14.6. The molecule has 0 unspecified atom stereocenters. The Morgan fingerprint density at radius 1 is 1.05 bits per heavy atom. The van der Waals surface area contributed by atoms with Crippen LogP contribution in [0.1, 0.15) is 6.92 Å². The van der Waals surface area contributed by atoms with Gasteiger partial charge < -0.3 is 4.90 Å². The van der Waals surface area contributed by atoms with E-state index >= 15 is 0 Å². The van der Waals surface area contributed by atoms with Gasteiger partial charge in [0.05, 0.1) is 4.92 Å². The second-order valence-electron chi connectivity index (χ2n) is 4.81. The topological polar surface area (TPSA) is 46.4 Å². The van der Waals surface area contributed by atoms with Gasteiger partial charge >= 0.3 is 0 Å². The van der Waals surface area contributed by atoms with E-state index in [-0.39, 0.29) is 5.69 Å². The number of rotatable bonds is 4. The van der Waals surface area contributed by atoms with Crippen LogP contribution in [-0.4, -0.2) is 12.0 Å². The van der Waals surface area contributed by atoms with Gasteiger partial charge in [-0.3, -0.25) is 10.1 Å². The van der Waals surface area contributed by atoms with Gasteiger partial charge in [-0.15, -0.1) is 0 Å². The maximum Gasteiger partial charge on any atom is 0.269 e. The lowest BCUT2D eigenvalue weighted by Gasteiger charge is -2.13. The van der Waals surface area contributed by atoms with Crippen LogP contribution in [0, 0.1) is 10.1 Å². The molecule has 112 valence electrons. The zero-order valence-electron chi connectivity index (χ0n) is 12.6. The van der Waals surface area contributed by atoms with E-state index in [1.54, 1.807) is 12.1 Å². The molecule has 22 heavy (non-hydrogen) atoms. The fourth-order valence-corrected chi connectivity index (χ4v) is 2.10. The summed E-state index contributed by atoms with van der Waals surface area (Å²) in [4.78, 5) is 12.2. The van der Waals surface area contributed by atoms with Gasteiger partial charge in [0.15, 0.2) is 0 Å². The molecule has 0 saturated carbocycles. The molecule has 2 rings (SSSR count). The average molecular weight is 294 g/mol. The quantitative estimate of drug-likeness (QED) is 0.643. The molecule has 0 bridgehead atoms. The van der Waals surface area contributed by atoms with E-state index in [1.165, 1.54) is 17.4 Å². The lowest BCUT2D eigenvalue weighted by Crippen LogP contribution is -2.22. The van der Waals surface area contributed by atoms with Gasteiger partial charge in [-0.25, -0.2) is 0 Å². The number of hydrogen-bond acceptors (Lipinski definition) is 3. The van der Waals surface area contributed by atoms with Gasteiger partial charge in [-0.05, 0) is 35.6 Å². The number of anilines is 1. The smallest absolute Gasteiger partial charge is 0.269 e. The van der Waals surface area contributed by atoms with Gasteiger partial charge in [0.25, 0.3) is 5.69 Å². The summed E-state index contributed by atoms with van der Waals surface area (Å²) in [5.41, 5.74) is 0.991. The summed E-state index contributed by atoms with van der Waals surface area (Å²) in [5, 5.41) is 13.0. The van der Waals surface area contributed by atoms with Crippen LogP contribution in [-0.2, 0) is 0 Å². The summed E-state index contributed by atoms with van der Waals surface area (Å²) in [6.07, 6.45) is 7.99. The normalized spacial score (nSPS) is 12.8. The molecule has 0 aliphatic heterocycles. The Bertz CT molecular complexity index is 793. The largest absolute Gasteiger partial charge is 0.351 e. The van der Waals surface area contributed by atoms with Gasteiger partial charge in [0.1, 0.15) is 0 Å². The lowest BCUT2D eigenvalue weighted by molar-refractivity contribution is -0.384. The van der Waals surface area contributed by atoms with Crippen LogP contribution in [0.4, 0.5) is 11.4 Å². The molecule has 0 amide bonds. The van der Waals surface area contributed by atoms with E-state index in [9.17, 15) is 10.1 Å². The first-order valence-corrected chi connectivity index (χ1v) is 6.99. The maximum atomic E-state index is 10.6. The minimum absolute atomic E-state index is 0.0973. The molecule has 0 fully saturated rings. The first kappa shape index (κ1) is 15.5. The molecule has 0 radical (unpaired) electrons. The number of nitro benzene ring substituents is 1. The Labute approximate surface area is 129 Å². The maximum absolute atomic E-state index is 10.6. The molecule has 4 nitrogen and oxygen atoms in total. The van der Waals surface area contributed by atoms with Gasteiger partial charge in [0.2, 0.25) is 0 Å². The number of nitrogens with zero attached hydrogens (tertiary/aromatic N) is 2. The van der Waals surface area contributed by atoms with Crippen molar-refractivity contribution in [3.63, 3.8) is 0 Å². The Kier molecular flexibility index (Phi) is 5.09. The molecule has 4 heteroatoms. The van der Waals surface area contributed by atoms with E-state index in [1.807, 2.05) is 49.4 Å². The van der Waals surface area contributed by atoms with Crippen LogP contribution >= 0.6 is 0 Å². The highest BCUT2D eigenvalue weighted by Crippen LogP contribution is 2.18. The molecule has 0 spiro atoms. The summed E-state index contributed by atoms with van der Waals surface area (Å²) < 4.78 is 0. The molecule has 0 heterocycles. The monoisotopic (exact) mass is 294 g/mol. The average Bonchev–Trinajstić information content (AvgIpc) is 2.55. The predicted octanol–water partition coefficient (Wildman–Crippen LogP) is 2.83. The molecule has 0 aliphatic rings. The van der Waals surface area contributed by atoms with E-state index in [0.29, 0.717) is 0 Å². The van der Waals surface area contributed by atoms with E-state index in [0.717, 1.165) is 10.9 Å². The van der Waals surface area contributed by atoms with E-state index < -0.39 is 4.92 Å². The highest BCUT2D eigenvalue weighted by Gasteiger charge is 2.04. The lowest BCUT2D eigenvalue weighted by atomic mass is 10.2. The molecule has 2 aromatic rings. The third kappa shape index (κ3) is 3.82. The molecule has 2 aromatic carbocycles. The van der Waals surface area contributed by atoms with Crippen molar-refractivity contribution in [3.8, 4) is 0 Å². The van der Waals surface area contributed by atoms with Gasteiger partial charge in [-0.2, -0.15) is 0 Å². The van der Waals surface area contributed by atoms with Crippen LogP contribution in [0.3, 0.4) is 0 Å².